The summed E-state index contributed by atoms with van der Waals surface area (Å²) in [4.78, 5) is 36.6. The van der Waals surface area contributed by atoms with Gasteiger partial charge in [0.15, 0.2) is 23.1 Å². The Kier molecular flexibility index (Phi) is 27.3. The number of rotatable bonds is 16. The molecule has 11 aliphatic rings. The van der Waals surface area contributed by atoms with Crippen molar-refractivity contribution < 1.29 is 135 Å². The lowest BCUT2D eigenvalue weighted by Gasteiger charge is -2.41. The van der Waals surface area contributed by atoms with Gasteiger partial charge in [-0.25, -0.2) is 13.7 Å². The standard InChI is InChI=1S/C23H39O9P.C18H28O6.C11H23O9P.C5H13O4P.CH4/c1-3-15(2)14-27-33(25,26)32-21-19-17(28-22(30-19)10-6-4-7-11-22)16(24)18-20(21)31-23(29-18)12-8-5-9-13-23;19-11-13-14(22-17(21-13)7-3-1-4-8-17)12(20)16-15(11)23-18(24-16)9-5-2-6-10-18;1-3-5(2)4-19-21(17,18)20-11-9(15)7(13)6(12)8(14)10(11)16;1-3-5(2)4-9-10(6,7)8;/h15-21,24H,3-14H2,1-2H3,(H,25,26);11-16,19-20H,1-10H2;5-16H,3-4H2,1-2H3,(H,17,18);5H,3-4H2,1-2H3,(H2,6,7,8);1H4/t15-,16?,17?,18?,19?,20?,21?;;5-,6?,7?,8?,9?,10?,11?;5-;/m1.11./s1. The van der Waals surface area contributed by atoms with Crippen LogP contribution in [0.2, 0.25) is 0 Å². The third kappa shape index (κ3) is 18.7. The summed E-state index contributed by atoms with van der Waals surface area (Å²) in [5, 5.41) is 80.8. The Morgan fingerprint density at radius 2 is 0.573 bits per heavy atom. The van der Waals surface area contributed by atoms with Gasteiger partial charge >= 0.3 is 23.5 Å². The van der Waals surface area contributed by atoms with E-state index in [0.29, 0.717) is 6.42 Å². The highest BCUT2D eigenvalue weighted by atomic mass is 31.2. The highest BCUT2D eigenvalue weighted by Gasteiger charge is 2.68. The zero-order valence-electron chi connectivity index (χ0n) is 51.7. The van der Waals surface area contributed by atoms with E-state index in [4.69, 9.17) is 61.3 Å². The molecule has 11 fully saturated rings. The second-order valence-corrected chi connectivity index (χ2v) is 30.5. The van der Waals surface area contributed by atoms with Gasteiger partial charge in [0.25, 0.3) is 0 Å². The molecule has 0 aromatic rings. The molecule has 0 aromatic heterocycles. The molecule has 14 unspecified atom stereocenters. The third-order valence-corrected chi connectivity index (χ3v) is 21.9. The zero-order valence-corrected chi connectivity index (χ0v) is 54.4. The summed E-state index contributed by atoms with van der Waals surface area (Å²) in [5.41, 5.74) is 0. The minimum atomic E-state index is -4.60. The number of phosphoric acid groups is 3. The van der Waals surface area contributed by atoms with Gasteiger partial charge in [0.1, 0.15) is 110 Å². The summed E-state index contributed by atoms with van der Waals surface area (Å²) >= 11 is 0. The first kappa shape index (κ1) is 76.1. The van der Waals surface area contributed by atoms with Crippen LogP contribution >= 0.6 is 23.5 Å². The molecule has 31 heteroatoms. The Morgan fingerprint density at radius 1 is 0.348 bits per heavy atom. The van der Waals surface area contributed by atoms with Gasteiger partial charge in [-0.15, -0.1) is 0 Å². The van der Waals surface area contributed by atoms with E-state index >= 15 is 0 Å². The Hall–Kier alpha value is -0.310. The van der Waals surface area contributed by atoms with Crippen LogP contribution in [0.15, 0.2) is 0 Å². The maximum Gasteiger partial charge on any atom is 0.472 e. The minimum absolute atomic E-state index is 0. The number of hydrogen-bond acceptors (Lipinski definition) is 24. The van der Waals surface area contributed by atoms with Gasteiger partial charge in [0, 0.05) is 51.4 Å². The highest BCUT2D eigenvalue weighted by Crippen LogP contribution is 2.57. The van der Waals surface area contributed by atoms with E-state index in [1.54, 1.807) is 6.92 Å². The molecule has 7 saturated carbocycles. The molecule has 11 rings (SSSR count). The third-order valence-electron chi connectivity index (χ3n) is 19.5. The van der Waals surface area contributed by atoms with E-state index < -0.39 is 156 Å². The van der Waals surface area contributed by atoms with Crippen molar-refractivity contribution in [3.63, 3.8) is 0 Å². The van der Waals surface area contributed by atoms with Crippen molar-refractivity contribution in [2.45, 2.75) is 330 Å². The summed E-state index contributed by atoms with van der Waals surface area (Å²) in [6.45, 7) is 11.6. The quantitative estimate of drug-likeness (QED) is 0.0844. The van der Waals surface area contributed by atoms with Gasteiger partial charge in [0.2, 0.25) is 0 Å². The molecular formula is C58H107O28P3. The first-order chi connectivity index (χ1) is 41.4. The predicted molar refractivity (Wildman–Crippen MR) is 315 cm³/mol. The van der Waals surface area contributed by atoms with Gasteiger partial charge < -0.3 is 98.3 Å². The van der Waals surface area contributed by atoms with Crippen LogP contribution in [-0.2, 0) is 74.2 Å². The molecule has 12 N–H and O–H groups in total. The number of aliphatic hydroxyl groups excluding tert-OH is 8. The molecule has 4 aliphatic heterocycles. The molecule has 0 amide bonds. The van der Waals surface area contributed by atoms with Crippen LogP contribution < -0.4 is 0 Å². The summed E-state index contributed by atoms with van der Waals surface area (Å²) in [6, 6.07) is 0. The lowest BCUT2D eigenvalue weighted by Crippen LogP contribution is -2.64. The second kappa shape index (κ2) is 31.9. The number of fused-ring (bicyclic) bond motifs is 4. The number of hydrogen-bond donors (Lipinski definition) is 12. The summed E-state index contributed by atoms with van der Waals surface area (Å²) in [6.07, 6.45) is 1.87. The molecule has 0 radical (unpaired) electrons. The number of phosphoric ester groups is 3. The van der Waals surface area contributed by atoms with Crippen LogP contribution in [0.1, 0.15) is 197 Å². The predicted octanol–water partition coefficient (Wildman–Crippen LogP) is 5.54. The largest absolute Gasteiger partial charge is 0.472 e. The van der Waals surface area contributed by atoms with E-state index in [1.165, 1.54) is 12.8 Å². The summed E-state index contributed by atoms with van der Waals surface area (Å²) in [7, 11) is -13.2. The van der Waals surface area contributed by atoms with Gasteiger partial charge in [-0.05, 0) is 69.1 Å². The van der Waals surface area contributed by atoms with Crippen LogP contribution in [0.4, 0.5) is 0 Å². The molecule has 28 nitrogen and oxygen atoms in total. The molecule has 7 aliphatic carbocycles. The fourth-order valence-corrected chi connectivity index (χ4v) is 16.2. The zero-order chi connectivity index (χ0) is 64.2. The molecule has 17 atom stereocenters. The van der Waals surface area contributed by atoms with Crippen molar-refractivity contribution >= 4 is 23.5 Å². The maximum atomic E-state index is 13.0. The van der Waals surface area contributed by atoms with E-state index in [2.05, 4.69) is 9.05 Å². The van der Waals surface area contributed by atoms with Crippen LogP contribution in [0.5, 0.6) is 0 Å². The van der Waals surface area contributed by atoms with Crippen molar-refractivity contribution in [3.8, 4) is 0 Å². The molecule has 89 heavy (non-hydrogen) atoms. The monoisotopic (exact) mass is 1340 g/mol. The maximum absolute atomic E-state index is 13.0. The Bertz CT molecular complexity index is 2180. The van der Waals surface area contributed by atoms with Crippen LogP contribution in [-0.4, -0.2) is 213 Å². The fourth-order valence-electron chi connectivity index (χ4n) is 13.6. The smallest absolute Gasteiger partial charge is 0.387 e. The fraction of sp³-hybridized carbons (Fsp3) is 1.00. The minimum Gasteiger partial charge on any atom is -0.387 e. The van der Waals surface area contributed by atoms with Gasteiger partial charge in [0.05, 0.1) is 19.8 Å². The van der Waals surface area contributed by atoms with Crippen molar-refractivity contribution in [2.75, 3.05) is 19.8 Å². The van der Waals surface area contributed by atoms with Crippen molar-refractivity contribution in [1.29, 1.82) is 0 Å². The van der Waals surface area contributed by atoms with Gasteiger partial charge in [-0.3, -0.25) is 22.6 Å². The number of ether oxygens (including phenoxy) is 8. The van der Waals surface area contributed by atoms with Crippen LogP contribution in [0.25, 0.3) is 0 Å². The highest BCUT2D eigenvalue weighted by molar-refractivity contribution is 7.47. The first-order valence-corrected chi connectivity index (χ1v) is 36.8. The van der Waals surface area contributed by atoms with E-state index in [9.17, 15) is 64.3 Å². The van der Waals surface area contributed by atoms with E-state index in [1.807, 2.05) is 34.6 Å². The average molecular weight is 1350 g/mol. The molecule has 0 bridgehead atoms. The Balaban J connectivity index is 0.000000180. The first-order valence-electron chi connectivity index (χ1n) is 32.3. The Labute approximate surface area is 523 Å². The van der Waals surface area contributed by atoms with Crippen molar-refractivity contribution in [2.24, 2.45) is 17.8 Å². The second-order valence-electron chi connectivity index (χ2n) is 26.5. The molecule has 4 spiro atoms. The molecular weight excluding hydrogens is 1240 g/mol. The van der Waals surface area contributed by atoms with Crippen molar-refractivity contribution in [3.05, 3.63) is 0 Å². The molecule has 4 saturated heterocycles. The average Bonchev–Trinajstić information content (AvgIpc) is 1.80. The molecule has 522 valence electrons. The lowest BCUT2D eigenvalue weighted by molar-refractivity contribution is -0.224. The Morgan fingerprint density at radius 3 is 0.831 bits per heavy atom. The molecule has 4 heterocycles. The normalized spacial score (nSPS) is 40.4. The van der Waals surface area contributed by atoms with E-state index in [0.717, 1.165) is 128 Å². The lowest BCUT2D eigenvalue weighted by atomic mass is 9.85. The van der Waals surface area contributed by atoms with E-state index in [-0.39, 0.29) is 45.0 Å². The van der Waals surface area contributed by atoms with Crippen LogP contribution in [0.3, 0.4) is 0 Å². The van der Waals surface area contributed by atoms with Gasteiger partial charge in [-0.2, -0.15) is 0 Å². The van der Waals surface area contributed by atoms with Gasteiger partial charge in [-0.1, -0.05) is 93.9 Å². The topological polar surface area (TPSA) is 414 Å². The SMILES string of the molecule is C.CC[C@@H](C)COP(=O)(O)O.CC[C@@H](C)COP(=O)(O)OC1C(O)C(O)C(O)C(O)C1O.CC[C@@H](C)COP(=O)(O)OC1C2OC3(CCCCC3)OC2C(O)C2OC3(CCCCC3)OC21.OC1C2OC3(CCCCC3)OC2C(O)C2OC3(CCCCC3)OC12. The summed E-state index contributed by atoms with van der Waals surface area (Å²) in [5.74, 6) is -2.53. The van der Waals surface area contributed by atoms with Crippen molar-refractivity contribution in [1.82, 2.24) is 0 Å². The molecule has 0 aromatic carbocycles. The van der Waals surface area contributed by atoms with Crippen LogP contribution in [0, 0.1) is 17.8 Å². The number of aliphatic hydroxyl groups is 8. The summed E-state index contributed by atoms with van der Waals surface area (Å²) < 4.78 is 110.